The summed E-state index contributed by atoms with van der Waals surface area (Å²) in [5.41, 5.74) is 2.32. The number of furan rings is 1. The number of aryl methyl sites for hydroxylation is 1. The molecule has 0 radical (unpaired) electrons. The van der Waals surface area contributed by atoms with Gasteiger partial charge in [-0.05, 0) is 68.3 Å². The van der Waals surface area contributed by atoms with Crippen molar-refractivity contribution in [2.75, 3.05) is 20.2 Å². The van der Waals surface area contributed by atoms with Crippen molar-refractivity contribution < 1.29 is 18.9 Å². The summed E-state index contributed by atoms with van der Waals surface area (Å²) in [5.74, 6) is 1.01. The molecule has 0 bridgehead atoms. The Morgan fingerprint density at radius 3 is 2.59 bits per heavy atom. The van der Waals surface area contributed by atoms with Crippen LogP contribution >= 0.6 is 11.3 Å². The van der Waals surface area contributed by atoms with E-state index < -0.39 is 11.0 Å². The number of aromatic nitrogens is 1. The molecule has 0 aliphatic carbocycles. The zero-order chi connectivity index (χ0) is 32.7. The Morgan fingerprint density at radius 1 is 1.11 bits per heavy atom. The molecule has 11 heteroatoms. The SMILES string of the molecule is CCN(CC)C(=O)C1=C(C)N=c2s/c(=C/c3ccc(-c4ccc(C)cc4[N+](=O)[O-])o3)c(=O)n2[C@H]1c1c(OC)ccc2ccccc12. The van der Waals surface area contributed by atoms with Crippen LogP contribution < -0.4 is 19.6 Å². The van der Waals surface area contributed by atoms with Gasteiger partial charge in [-0.3, -0.25) is 24.3 Å². The quantitative estimate of drug-likeness (QED) is 0.158. The van der Waals surface area contributed by atoms with Gasteiger partial charge in [0.05, 0.1) is 33.4 Å². The monoisotopic (exact) mass is 636 g/mol. The molecule has 1 aliphatic rings. The van der Waals surface area contributed by atoms with Crippen LogP contribution in [0.2, 0.25) is 0 Å². The first-order valence-electron chi connectivity index (χ1n) is 14.9. The number of benzene rings is 3. The number of rotatable bonds is 8. The van der Waals surface area contributed by atoms with Crippen LogP contribution in [0, 0.1) is 17.0 Å². The average molecular weight is 637 g/mol. The minimum Gasteiger partial charge on any atom is -0.496 e. The molecule has 2 aromatic heterocycles. The Morgan fingerprint density at radius 2 is 1.87 bits per heavy atom. The highest BCUT2D eigenvalue weighted by molar-refractivity contribution is 7.07. The first kappa shape index (κ1) is 30.7. The number of hydrogen-bond acceptors (Lipinski definition) is 8. The molecule has 6 rings (SSSR count). The summed E-state index contributed by atoms with van der Waals surface area (Å²) < 4.78 is 13.8. The summed E-state index contributed by atoms with van der Waals surface area (Å²) in [5, 5.41) is 13.5. The third kappa shape index (κ3) is 5.22. The highest BCUT2D eigenvalue weighted by atomic mass is 32.1. The second-order valence-corrected chi connectivity index (χ2v) is 12.0. The van der Waals surface area contributed by atoms with Crippen molar-refractivity contribution in [2.24, 2.45) is 4.99 Å². The number of nitrogens with zero attached hydrogens (tertiary/aromatic N) is 4. The molecule has 0 unspecified atom stereocenters. The Hall–Kier alpha value is -5.29. The number of thiazole rings is 1. The number of amides is 1. The molecular weight excluding hydrogens is 604 g/mol. The van der Waals surface area contributed by atoms with Crippen LogP contribution in [0.5, 0.6) is 5.75 Å². The molecular formula is C35H32N4O6S. The molecule has 1 amide bonds. The molecule has 1 aliphatic heterocycles. The molecule has 3 aromatic carbocycles. The second kappa shape index (κ2) is 12.2. The van der Waals surface area contributed by atoms with Crippen LogP contribution in [-0.4, -0.2) is 40.5 Å². The number of likely N-dealkylation sites (N-methyl/N-ethyl adjacent to an activating group) is 1. The van der Waals surface area contributed by atoms with Crippen molar-refractivity contribution in [1.29, 1.82) is 0 Å². The van der Waals surface area contributed by atoms with E-state index in [0.29, 0.717) is 62.1 Å². The van der Waals surface area contributed by atoms with E-state index >= 15 is 0 Å². The Kier molecular flexibility index (Phi) is 8.18. The number of carbonyl (C=O) groups excluding carboxylic acids is 1. The third-order valence-electron chi connectivity index (χ3n) is 8.24. The van der Waals surface area contributed by atoms with Gasteiger partial charge in [-0.2, -0.15) is 0 Å². The molecule has 10 nitrogen and oxygen atoms in total. The molecule has 0 spiro atoms. The molecule has 0 saturated heterocycles. The van der Waals surface area contributed by atoms with Gasteiger partial charge in [0.25, 0.3) is 17.2 Å². The van der Waals surface area contributed by atoms with E-state index in [2.05, 4.69) is 0 Å². The Bertz CT molecular complexity index is 2240. The van der Waals surface area contributed by atoms with Gasteiger partial charge >= 0.3 is 0 Å². The number of nitro groups is 1. The zero-order valence-corrected chi connectivity index (χ0v) is 26.9. The molecule has 1 atom stereocenters. The largest absolute Gasteiger partial charge is 0.496 e. The highest BCUT2D eigenvalue weighted by Crippen LogP contribution is 2.40. The van der Waals surface area contributed by atoms with Gasteiger partial charge < -0.3 is 14.1 Å². The lowest BCUT2D eigenvalue weighted by Crippen LogP contribution is -2.43. The summed E-state index contributed by atoms with van der Waals surface area (Å²) in [6.45, 7) is 8.41. The Labute approximate surface area is 268 Å². The van der Waals surface area contributed by atoms with E-state index in [9.17, 15) is 19.7 Å². The molecule has 46 heavy (non-hydrogen) atoms. The summed E-state index contributed by atoms with van der Waals surface area (Å²) >= 11 is 1.19. The molecule has 0 saturated carbocycles. The second-order valence-electron chi connectivity index (χ2n) is 10.9. The summed E-state index contributed by atoms with van der Waals surface area (Å²) in [6, 6.07) is 19.1. The molecule has 234 valence electrons. The van der Waals surface area contributed by atoms with Crippen molar-refractivity contribution in [3.05, 3.63) is 125 Å². The fourth-order valence-corrected chi connectivity index (χ4v) is 7.02. The molecule has 3 heterocycles. The summed E-state index contributed by atoms with van der Waals surface area (Å²) in [4.78, 5) is 46.7. The summed E-state index contributed by atoms with van der Waals surface area (Å²) in [7, 11) is 1.58. The number of methoxy groups -OCH3 is 1. The van der Waals surface area contributed by atoms with Crippen LogP contribution in [0.4, 0.5) is 5.69 Å². The van der Waals surface area contributed by atoms with Gasteiger partial charge in [0.2, 0.25) is 0 Å². The minimum absolute atomic E-state index is 0.0646. The maximum atomic E-state index is 14.3. The smallest absolute Gasteiger partial charge is 0.280 e. The first-order chi connectivity index (χ1) is 22.2. The maximum Gasteiger partial charge on any atom is 0.280 e. The van der Waals surface area contributed by atoms with Gasteiger partial charge in [-0.25, -0.2) is 4.99 Å². The van der Waals surface area contributed by atoms with Gasteiger partial charge in [0, 0.05) is 30.8 Å². The lowest BCUT2D eigenvalue weighted by molar-refractivity contribution is -0.384. The van der Waals surface area contributed by atoms with Crippen molar-refractivity contribution >= 4 is 39.8 Å². The van der Waals surface area contributed by atoms with Gasteiger partial charge in [-0.1, -0.05) is 47.7 Å². The van der Waals surface area contributed by atoms with Gasteiger partial charge in [0.1, 0.15) is 23.3 Å². The van der Waals surface area contributed by atoms with Crippen molar-refractivity contribution in [1.82, 2.24) is 9.47 Å². The van der Waals surface area contributed by atoms with Crippen LogP contribution in [-0.2, 0) is 4.79 Å². The van der Waals surface area contributed by atoms with Crippen molar-refractivity contribution in [2.45, 2.75) is 33.7 Å². The molecule has 0 N–H and O–H groups in total. The fraction of sp³-hybridized carbons (Fsp3) is 0.229. The van der Waals surface area contributed by atoms with Gasteiger partial charge in [-0.15, -0.1) is 0 Å². The summed E-state index contributed by atoms with van der Waals surface area (Å²) in [6.07, 6.45) is 1.61. The van der Waals surface area contributed by atoms with Gasteiger partial charge in [0.15, 0.2) is 4.80 Å². The molecule has 5 aromatic rings. The third-order valence-corrected chi connectivity index (χ3v) is 9.23. The topological polar surface area (TPSA) is 120 Å². The normalized spacial score (nSPS) is 14.7. The van der Waals surface area contributed by atoms with Crippen molar-refractivity contribution in [3.8, 4) is 17.1 Å². The maximum absolute atomic E-state index is 14.3. The predicted octanol–water partition coefficient (Wildman–Crippen LogP) is 5.74. The van der Waals surface area contributed by atoms with E-state index in [1.807, 2.05) is 50.2 Å². The number of nitro benzene ring substituents is 1. The predicted molar refractivity (Wildman–Crippen MR) is 178 cm³/mol. The first-order valence-corrected chi connectivity index (χ1v) is 15.7. The number of hydrogen-bond donors (Lipinski definition) is 0. The fourth-order valence-electron chi connectivity index (χ4n) is 5.99. The van der Waals surface area contributed by atoms with E-state index in [1.54, 1.807) is 60.8 Å². The van der Waals surface area contributed by atoms with Crippen LogP contribution in [0.1, 0.15) is 43.7 Å². The van der Waals surface area contributed by atoms with Crippen molar-refractivity contribution in [3.63, 3.8) is 0 Å². The van der Waals surface area contributed by atoms with E-state index in [-0.39, 0.29) is 17.2 Å². The average Bonchev–Trinajstić information content (AvgIpc) is 3.64. The molecule has 0 fully saturated rings. The van der Waals surface area contributed by atoms with Crippen LogP contribution in [0.25, 0.3) is 28.2 Å². The Balaban J connectivity index is 1.57. The number of carbonyl (C=O) groups is 1. The number of fused-ring (bicyclic) bond motifs is 2. The van der Waals surface area contributed by atoms with Crippen LogP contribution in [0.15, 0.2) is 92.2 Å². The standard InChI is InChI=1S/C35H32N4O6S/c1-6-37(7-2)34(41)30-21(4)36-35-38(32(30)31-24-11-9-8-10-22(24)13-16-28(31)44-5)33(40)29(46-35)19-23-14-17-27(45-23)25-15-12-20(3)18-26(25)39(42)43/h8-19,32H,6-7H2,1-5H3/b29-19+/t32-/m1/s1. The lowest BCUT2D eigenvalue weighted by atomic mass is 9.90. The minimum atomic E-state index is -0.810. The van der Waals surface area contributed by atoms with E-state index in [4.69, 9.17) is 14.1 Å². The number of allylic oxidation sites excluding steroid dienone is 1. The lowest BCUT2D eigenvalue weighted by Gasteiger charge is -2.30. The van der Waals surface area contributed by atoms with E-state index in [0.717, 1.165) is 16.3 Å². The number of ether oxygens (including phenoxy) is 1. The van der Waals surface area contributed by atoms with Crippen LogP contribution in [0.3, 0.4) is 0 Å². The highest BCUT2D eigenvalue weighted by Gasteiger charge is 2.36. The zero-order valence-electron chi connectivity index (χ0n) is 26.1. The van der Waals surface area contributed by atoms with E-state index in [1.165, 1.54) is 17.4 Å².